The van der Waals surface area contributed by atoms with Gasteiger partial charge in [-0.05, 0) is 53.6 Å². The maximum atomic E-state index is 6.42. The average Bonchev–Trinajstić information content (AvgIpc) is 3.12. The summed E-state index contributed by atoms with van der Waals surface area (Å²) in [4.78, 5) is 16.1. The smallest absolute Gasteiger partial charge is 0.503 e. The number of para-hydroxylation sites is 3. The molecule has 0 saturated carbocycles. The SMILES string of the molecule is [Pt+2].[c-]1c(Oc2[c-]c(C3(c4ccccn4)c4ccccc4N(c4ccccc4)c4ccccc43)ccc2)cccc1-c1ncccn1. The number of hydrogen-bond donors (Lipinski definition) is 0. The van der Waals surface area contributed by atoms with Gasteiger partial charge in [-0.25, -0.2) is 0 Å². The monoisotopic (exact) mass is 773 g/mol. The van der Waals surface area contributed by atoms with Crippen LogP contribution in [-0.2, 0) is 26.5 Å². The van der Waals surface area contributed by atoms with E-state index in [0.29, 0.717) is 17.3 Å². The van der Waals surface area contributed by atoms with Crippen molar-refractivity contribution in [1.82, 2.24) is 15.0 Å². The Labute approximate surface area is 282 Å². The predicted octanol–water partition coefficient (Wildman–Crippen LogP) is 9.09. The third-order valence-corrected chi connectivity index (χ3v) is 8.13. The van der Waals surface area contributed by atoms with Crippen LogP contribution in [0, 0.1) is 12.1 Å². The second kappa shape index (κ2) is 12.5. The van der Waals surface area contributed by atoms with E-state index in [1.165, 1.54) is 0 Å². The van der Waals surface area contributed by atoms with Crippen LogP contribution in [0.1, 0.15) is 22.4 Å². The van der Waals surface area contributed by atoms with Crippen LogP contribution in [0.5, 0.6) is 11.5 Å². The third-order valence-electron chi connectivity index (χ3n) is 8.13. The minimum Gasteiger partial charge on any atom is -0.503 e. The van der Waals surface area contributed by atoms with Gasteiger partial charge in [-0.2, -0.15) is 12.1 Å². The van der Waals surface area contributed by atoms with Crippen LogP contribution in [-0.4, -0.2) is 15.0 Å². The van der Waals surface area contributed by atoms with Crippen LogP contribution >= 0.6 is 0 Å². The molecule has 3 heterocycles. The molecule has 5 aromatic carbocycles. The number of fused-ring (bicyclic) bond motifs is 2. The van der Waals surface area contributed by atoms with E-state index in [0.717, 1.165) is 45.0 Å². The molecule has 0 fully saturated rings. The Morgan fingerprint density at radius 1 is 0.522 bits per heavy atom. The Balaban J connectivity index is 0.00000338. The van der Waals surface area contributed by atoms with Gasteiger partial charge in [0.2, 0.25) is 0 Å². The summed E-state index contributed by atoms with van der Waals surface area (Å²) in [6.45, 7) is 0. The fraction of sp³-hybridized carbons (Fsp3) is 0.0250. The third kappa shape index (κ3) is 4.99. The van der Waals surface area contributed by atoms with Gasteiger partial charge in [0, 0.05) is 35.8 Å². The van der Waals surface area contributed by atoms with Crippen molar-refractivity contribution >= 4 is 17.1 Å². The zero-order valence-electron chi connectivity index (χ0n) is 24.5. The first-order valence-corrected chi connectivity index (χ1v) is 14.8. The van der Waals surface area contributed by atoms with E-state index < -0.39 is 5.41 Å². The van der Waals surface area contributed by atoms with Crippen molar-refractivity contribution in [1.29, 1.82) is 0 Å². The molecule has 0 aliphatic carbocycles. The van der Waals surface area contributed by atoms with E-state index in [1.54, 1.807) is 18.5 Å². The second-order valence-corrected chi connectivity index (χ2v) is 10.7. The quantitative estimate of drug-likeness (QED) is 0.158. The summed E-state index contributed by atoms with van der Waals surface area (Å²) >= 11 is 0. The van der Waals surface area contributed by atoms with E-state index in [-0.39, 0.29) is 21.1 Å². The molecule has 2 aromatic heterocycles. The molecule has 0 spiro atoms. The van der Waals surface area contributed by atoms with Crippen LogP contribution in [0.4, 0.5) is 17.1 Å². The van der Waals surface area contributed by atoms with Crippen molar-refractivity contribution in [2.45, 2.75) is 5.41 Å². The fourth-order valence-electron chi connectivity index (χ4n) is 6.31. The van der Waals surface area contributed by atoms with Crippen LogP contribution < -0.4 is 9.64 Å². The molecule has 1 aliphatic rings. The fourth-order valence-corrected chi connectivity index (χ4v) is 6.31. The molecule has 0 radical (unpaired) electrons. The van der Waals surface area contributed by atoms with Gasteiger partial charge in [0.15, 0.2) is 0 Å². The molecule has 6 heteroatoms. The van der Waals surface area contributed by atoms with Crippen molar-refractivity contribution in [3.05, 3.63) is 193 Å². The normalized spacial score (nSPS) is 12.7. The Morgan fingerprint density at radius 2 is 1.13 bits per heavy atom. The number of anilines is 3. The van der Waals surface area contributed by atoms with Gasteiger partial charge in [0.05, 0.1) is 28.3 Å². The van der Waals surface area contributed by atoms with E-state index in [4.69, 9.17) is 9.72 Å². The van der Waals surface area contributed by atoms with E-state index in [1.807, 2.05) is 54.7 Å². The zero-order chi connectivity index (χ0) is 30.1. The molecular formula is C40H26N4OPt. The van der Waals surface area contributed by atoms with Crippen LogP contribution in [0.2, 0.25) is 0 Å². The summed E-state index contributed by atoms with van der Waals surface area (Å²) in [5, 5.41) is 0. The van der Waals surface area contributed by atoms with Crippen molar-refractivity contribution in [2.24, 2.45) is 0 Å². The molecule has 7 aromatic rings. The number of aromatic nitrogens is 3. The minimum atomic E-state index is -0.775. The molecule has 222 valence electrons. The number of pyridine rings is 1. The summed E-state index contributed by atoms with van der Waals surface area (Å²) < 4.78 is 6.42. The van der Waals surface area contributed by atoms with Crippen molar-refractivity contribution in [3.63, 3.8) is 0 Å². The second-order valence-electron chi connectivity index (χ2n) is 10.7. The first-order chi connectivity index (χ1) is 22.3. The van der Waals surface area contributed by atoms with Crippen LogP contribution in [0.3, 0.4) is 0 Å². The number of ether oxygens (including phenoxy) is 1. The molecule has 0 saturated heterocycles. The van der Waals surface area contributed by atoms with Crippen LogP contribution in [0.25, 0.3) is 11.4 Å². The van der Waals surface area contributed by atoms with E-state index >= 15 is 0 Å². The molecule has 46 heavy (non-hydrogen) atoms. The molecule has 5 nitrogen and oxygen atoms in total. The first-order valence-electron chi connectivity index (χ1n) is 14.8. The average molecular weight is 774 g/mol. The summed E-state index contributed by atoms with van der Waals surface area (Å²) in [5.41, 5.74) is 7.27. The number of benzene rings is 5. The van der Waals surface area contributed by atoms with Gasteiger partial charge in [0.25, 0.3) is 0 Å². The first kappa shape index (κ1) is 29.3. The van der Waals surface area contributed by atoms with Gasteiger partial charge in [-0.1, -0.05) is 66.7 Å². The molecule has 0 N–H and O–H groups in total. The number of hydrogen-bond acceptors (Lipinski definition) is 5. The molecule has 0 amide bonds. The largest absolute Gasteiger partial charge is 2.00 e. The van der Waals surface area contributed by atoms with E-state index in [9.17, 15) is 0 Å². The maximum absolute atomic E-state index is 6.42. The summed E-state index contributed by atoms with van der Waals surface area (Å²) in [6.07, 6.45) is 5.30. The van der Waals surface area contributed by atoms with E-state index in [2.05, 4.69) is 112 Å². The molecule has 0 bridgehead atoms. The van der Waals surface area contributed by atoms with Crippen LogP contribution in [0.15, 0.2) is 158 Å². The topological polar surface area (TPSA) is 51.1 Å². The minimum absolute atomic E-state index is 0. The molecule has 0 unspecified atom stereocenters. The number of nitrogens with zero attached hydrogens (tertiary/aromatic N) is 4. The Kier molecular flexibility index (Phi) is 8.00. The summed E-state index contributed by atoms with van der Waals surface area (Å²) in [7, 11) is 0. The number of rotatable bonds is 6. The molecule has 1 aliphatic heterocycles. The summed E-state index contributed by atoms with van der Waals surface area (Å²) in [6, 6.07) is 54.3. The van der Waals surface area contributed by atoms with Gasteiger partial charge >= 0.3 is 21.1 Å². The van der Waals surface area contributed by atoms with Gasteiger partial charge in [0.1, 0.15) is 0 Å². The molecular weight excluding hydrogens is 748 g/mol. The van der Waals surface area contributed by atoms with Crippen molar-refractivity contribution in [3.8, 4) is 22.9 Å². The predicted molar refractivity (Wildman–Crippen MR) is 176 cm³/mol. The van der Waals surface area contributed by atoms with Crippen molar-refractivity contribution < 1.29 is 25.8 Å². The van der Waals surface area contributed by atoms with Gasteiger partial charge in [-0.15, -0.1) is 41.5 Å². The Bertz CT molecular complexity index is 2060. The zero-order valence-corrected chi connectivity index (χ0v) is 26.8. The molecule has 8 rings (SSSR count). The molecule has 0 atom stereocenters. The standard InChI is InChI=1S/C40H26N4O.Pt/c1-2-15-31(16-3-1)44-36-21-6-4-19-34(36)40(38-23-8-9-24-41-38,35-20-5-7-22-37(35)44)30-14-11-18-33(28-30)45-32-17-10-13-29(27-32)39-42-25-12-26-43-39;/h1-26H;/q-2;+2. The Morgan fingerprint density at radius 3 is 1.83 bits per heavy atom. The summed E-state index contributed by atoms with van der Waals surface area (Å²) in [5.74, 6) is 1.72. The van der Waals surface area contributed by atoms with Gasteiger partial charge in [-0.3, -0.25) is 15.0 Å². The Hall–Kier alpha value is -5.38. The van der Waals surface area contributed by atoms with Crippen molar-refractivity contribution in [2.75, 3.05) is 4.90 Å². The van der Waals surface area contributed by atoms with Gasteiger partial charge < -0.3 is 9.64 Å². The maximum Gasteiger partial charge on any atom is 2.00 e.